The van der Waals surface area contributed by atoms with Gasteiger partial charge in [-0.15, -0.1) is 0 Å². The average molecular weight is 471 g/mol. The summed E-state index contributed by atoms with van der Waals surface area (Å²) in [4.78, 5) is 0. The van der Waals surface area contributed by atoms with Gasteiger partial charge in [0.2, 0.25) is 0 Å². The first-order valence-electron chi connectivity index (χ1n) is 14.8. The molecule has 0 spiro atoms. The molecule has 0 heterocycles. The summed E-state index contributed by atoms with van der Waals surface area (Å²) >= 11 is 0. The Morgan fingerprint density at radius 3 is 1.22 bits per heavy atom. The fourth-order valence-corrected chi connectivity index (χ4v) is 10.2. The van der Waals surface area contributed by atoms with Crippen LogP contribution in [0.25, 0.3) is 0 Å². The maximum atomic E-state index is 6.06. The molecule has 0 aromatic rings. The van der Waals surface area contributed by atoms with E-state index < -0.39 is 7.26 Å². The van der Waals surface area contributed by atoms with E-state index in [1.165, 1.54) is 127 Å². The van der Waals surface area contributed by atoms with Crippen LogP contribution in [0.15, 0.2) is 12.2 Å². The van der Waals surface area contributed by atoms with Crippen molar-refractivity contribution in [1.82, 2.24) is 0 Å². The van der Waals surface area contributed by atoms with Crippen LogP contribution >= 0.6 is 7.26 Å². The summed E-state index contributed by atoms with van der Waals surface area (Å²) in [6.07, 6.45) is 32.0. The van der Waals surface area contributed by atoms with Crippen LogP contribution in [-0.4, -0.2) is 37.9 Å². The molecule has 0 aliphatic carbocycles. The molecule has 0 aliphatic rings. The molecule has 0 rings (SSSR count). The molecule has 0 saturated heterocycles. The molecule has 0 radical (unpaired) electrons. The minimum atomic E-state index is -1.23. The van der Waals surface area contributed by atoms with Crippen LogP contribution in [0.1, 0.15) is 143 Å². The van der Waals surface area contributed by atoms with Crippen molar-refractivity contribution in [2.75, 3.05) is 37.9 Å². The molecule has 2 heteroatoms. The Balaban J connectivity index is 4.77. The van der Waals surface area contributed by atoms with E-state index in [1.807, 2.05) is 0 Å². The van der Waals surface area contributed by atoms with Crippen LogP contribution < -0.4 is 0 Å². The van der Waals surface area contributed by atoms with Crippen LogP contribution in [0.4, 0.5) is 0 Å². The molecular formula is C30H63OP. The zero-order valence-corrected chi connectivity index (χ0v) is 24.1. The van der Waals surface area contributed by atoms with Crippen LogP contribution in [0.2, 0.25) is 0 Å². The average Bonchev–Trinajstić information content (AvgIpc) is 2.78. The maximum absolute atomic E-state index is 6.06. The van der Waals surface area contributed by atoms with Crippen molar-refractivity contribution in [3.05, 3.63) is 12.2 Å². The van der Waals surface area contributed by atoms with Gasteiger partial charge in [0.15, 0.2) is 0 Å². The second kappa shape index (κ2) is 24.3. The Hall–Kier alpha value is 0.130. The molecule has 0 bridgehead atoms. The molecule has 32 heavy (non-hydrogen) atoms. The van der Waals surface area contributed by atoms with Crippen molar-refractivity contribution in [2.45, 2.75) is 143 Å². The van der Waals surface area contributed by atoms with Crippen molar-refractivity contribution in [2.24, 2.45) is 0 Å². The normalized spacial score (nSPS) is 12.4. The van der Waals surface area contributed by atoms with Crippen molar-refractivity contribution < 1.29 is 4.74 Å². The molecule has 0 aliphatic heterocycles. The molecule has 1 nitrogen and oxygen atoms in total. The third kappa shape index (κ3) is 20.7. The molecule has 0 aromatic carbocycles. The molecule has 0 saturated carbocycles. The molecule has 0 amide bonds. The summed E-state index contributed by atoms with van der Waals surface area (Å²) in [5.41, 5.74) is 1.17. The SMILES string of the molecule is C=C(C)COCC[PH](CCCCCCCC)(CCCCCCCC)CCCCCCCC. The third-order valence-electron chi connectivity index (χ3n) is 7.31. The summed E-state index contributed by atoms with van der Waals surface area (Å²) in [7, 11) is -1.23. The Morgan fingerprint density at radius 2 is 0.875 bits per heavy atom. The van der Waals surface area contributed by atoms with Gasteiger partial charge in [0.25, 0.3) is 0 Å². The second-order valence-electron chi connectivity index (χ2n) is 10.8. The van der Waals surface area contributed by atoms with Crippen LogP contribution in [0.3, 0.4) is 0 Å². The fourth-order valence-electron chi connectivity index (χ4n) is 5.13. The monoisotopic (exact) mass is 470 g/mol. The van der Waals surface area contributed by atoms with Gasteiger partial charge in [-0.3, -0.25) is 0 Å². The van der Waals surface area contributed by atoms with Gasteiger partial charge in [-0.1, -0.05) is 0 Å². The van der Waals surface area contributed by atoms with Gasteiger partial charge >= 0.3 is 205 Å². The van der Waals surface area contributed by atoms with Crippen LogP contribution in [0, 0.1) is 0 Å². The predicted molar refractivity (Wildman–Crippen MR) is 154 cm³/mol. The molecule has 0 aromatic heterocycles. The van der Waals surface area contributed by atoms with Gasteiger partial charge in [-0.2, -0.15) is 0 Å². The topological polar surface area (TPSA) is 9.23 Å². The summed E-state index contributed by atoms with van der Waals surface area (Å²) < 4.78 is 6.06. The molecule has 0 N–H and O–H groups in total. The van der Waals surface area contributed by atoms with Gasteiger partial charge in [0.05, 0.1) is 0 Å². The second-order valence-corrected chi connectivity index (χ2v) is 15.8. The van der Waals surface area contributed by atoms with E-state index in [1.54, 1.807) is 18.5 Å². The van der Waals surface area contributed by atoms with Crippen LogP contribution in [-0.2, 0) is 4.74 Å². The number of hydrogen-bond donors (Lipinski definition) is 0. The summed E-state index contributed by atoms with van der Waals surface area (Å²) in [6, 6.07) is 0. The van der Waals surface area contributed by atoms with Crippen molar-refractivity contribution in [1.29, 1.82) is 0 Å². The third-order valence-corrected chi connectivity index (χ3v) is 12.8. The van der Waals surface area contributed by atoms with Crippen molar-refractivity contribution >= 4 is 7.26 Å². The Morgan fingerprint density at radius 1 is 0.531 bits per heavy atom. The number of unbranched alkanes of at least 4 members (excludes halogenated alkanes) is 15. The Kier molecular flexibility index (Phi) is 24.4. The minimum absolute atomic E-state index is 0.759. The van der Waals surface area contributed by atoms with E-state index in [0.29, 0.717) is 0 Å². The summed E-state index contributed by atoms with van der Waals surface area (Å²) in [5.74, 6) is 0. The Bertz CT molecular complexity index is 351. The molecule has 0 unspecified atom stereocenters. The standard InChI is InChI=1S/C30H63OP/c1-6-9-12-15-18-21-25-32(28-24-31-29-30(4)5,26-22-19-16-13-10-7-2)27-23-20-17-14-11-8-3/h32H,4,6-29H2,1-3,5H3. The zero-order chi connectivity index (χ0) is 23.8. The molecular weight excluding hydrogens is 407 g/mol. The first-order valence-corrected chi connectivity index (χ1v) is 17.6. The first-order chi connectivity index (χ1) is 15.6. The van der Waals surface area contributed by atoms with Gasteiger partial charge in [-0.05, 0) is 0 Å². The van der Waals surface area contributed by atoms with Gasteiger partial charge in [0, 0.05) is 0 Å². The summed E-state index contributed by atoms with van der Waals surface area (Å²) in [5, 5.41) is 0. The van der Waals surface area contributed by atoms with Crippen molar-refractivity contribution in [3.63, 3.8) is 0 Å². The predicted octanol–water partition coefficient (Wildman–Crippen LogP) is 10.4. The van der Waals surface area contributed by atoms with E-state index in [-0.39, 0.29) is 0 Å². The number of hydrogen-bond acceptors (Lipinski definition) is 1. The van der Waals surface area contributed by atoms with Crippen LogP contribution in [0.5, 0.6) is 0 Å². The Labute approximate surface area is 205 Å². The number of rotatable bonds is 26. The van der Waals surface area contributed by atoms with E-state index >= 15 is 0 Å². The van der Waals surface area contributed by atoms with E-state index in [0.717, 1.165) is 13.2 Å². The molecule has 194 valence electrons. The van der Waals surface area contributed by atoms with Crippen molar-refractivity contribution in [3.8, 4) is 0 Å². The number of ether oxygens (including phenoxy) is 1. The summed E-state index contributed by atoms with van der Waals surface area (Å²) in [6.45, 7) is 14.8. The van der Waals surface area contributed by atoms with Gasteiger partial charge in [0.1, 0.15) is 0 Å². The van der Waals surface area contributed by atoms with E-state index in [9.17, 15) is 0 Å². The quantitative estimate of drug-likeness (QED) is 0.0694. The van der Waals surface area contributed by atoms with Gasteiger partial charge < -0.3 is 0 Å². The fraction of sp³-hybridized carbons (Fsp3) is 0.933. The van der Waals surface area contributed by atoms with Gasteiger partial charge in [-0.25, -0.2) is 0 Å². The zero-order valence-electron chi connectivity index (χ0n) is 23.1. The van der Waals surface area contributed by atoms with E-state index in [2.05, 4.69) is 34.3 Å². The molecule has 0 atom stereocenters. The first kappa shape index (κ1) is 32.1. The molecule has 0 fully saturated rings. The van der Waals surface area contributed by atoms with E-state index in [4.69, 9.17) is 4.74 Å².